The van der Waals surface area contributed by atoms with Crippen LogP contribution in [0.2, 0.25) is 10.0 Å². The van der Waals surface area contributed by atoms with Crippen molar-refractivity contribution in [2.45, 2.75) is 34.3 Å². The van der Waals surface area contributed by atoms with Crippen molar-refractivity contribution in [1.29, 1.82) is 0 Å². The standard InChI is InChI=1S/C25H25Cl2NO3/c1-5-30-23-7-6-18(25(29)28-22-12-20(26)11-21(27)13-22)10-19(23)14-31-24-9-15(2)8-16(3)17(24)4/h6-13H,5,14H2,1-4H3,(H,28,29). The van der Waals surface area contributed by atoms with E-state index in [0.29, 0.717) is 33.7 Å². The van der Waals surface area contributed by atoms with Crippen LogP contribution >= 0.6 is 23.2 Å². The number of aryl methyl sites for hydroxylation is 2. The zero-order valence-electron chi connectivity index (χ0n) is 18.0. The van der Waals surface area contributed by atoms with E-state index >= 15 is 0 Å². The Balaban J connectivity index is 1.84. The maximum Gasteiger partial charge on any atom is 0.255 e. The first-order chi connectivity index (χ1) is 14.8. The van der Waals surface area contributed by atoms with Gasteiger partial charge in [-0.1, -0.05) is 29.3 Å². The molecule has 3 aromatic carbocycles. The molecule has 0 aromatic heterocycles. The number of amides is 1. The Kier molecular flexibility index (Phi) is 7.47. The molecule has 0 fully saturated rings. The molecule has 3 rings (SSSR count). The van der Waals surface area contributed by atoms with Crippen LogP contribution in [-0.4, -0.2) is 12.5 Å². The first-order valence-corrected chi connectivity index (χ1v) is 10.8. The smallest absolute Gasteiger partial charge is 0.255 e. The van der Waals surface area contributed by atoms with Gasteiger partial charge in [0.2, 0.25) is 0 Å². The molecule has 0 unspecified atom stereocenters. The second-order valence-electron chi connectivity index (χ2n) is 7.36. The monoisotopic (exact) mass is 457 g/mol. The van der Waals surface area contributed by atoms with E-state index in [0.717, 1.165) is 22.4 Å². The van der Waals surface area contributed by atoms with Crippen molar-refractivity contribution in [2.24, 2.45) is 0 Å². The van der Waals surface area contributed by atoms with Gasteiger partial charge in [0.15, 0.2) is 0 Å². The SMILES string of the molecule is CCOc1ccc(C(=O)Nc2cc(Cl)cc(Cl)c2)cc1COc1cc(C)cc(C)c1C. The number of carbonyl (C=O) groups excluding carboxylic acids is 1. The summed E-state index contributed by atoms with van der Waals surface area (Å²) in [4.78, 5) is 12.8. The van der Waals surface area contributed by atoms with E-state index in [-0.39, 0.29) is 12.5 Å². The van der Waals surface area contributed by atoms with E-state index in [4.69, 9.17) is 32.7 Å². The van der Waals surface area contributed by atoms with Crippen molar-refractivity contribution >= 4 is 34.8 Å². The maximum absolute atomic E-state index is 12.8. The summed E-state index contributed by atoms with van der Waals surface area (Å²) in [5, 5.41) is 3.73. The topological polar surface area (TPSA) is 47.6 Å². The second kappa shape index (κ2) is 10.1. The Morgan fingerprint density at radius 3 is 2.29 bits per heavy atom. The van der Waals surface area contributed by atoms with E-state index in [1.807, 2.05) is 26.8 Å². The predicted molar refractivity (Wildman–Crippen MR) is 127 cm³/mol. The molecule has 0 atom stereocenters. The van der Waals surface area contributed by atoms with Gasteiger partial charge in [0.25, 0.3) is 5.91 Å². The number of hydrogen-bond donors (Lipinski definition) is 1. The third kappa shape index (κ3) is 5.93. The first-order valence-electron chi connectivity index (χ1n) is 10.0. The summed E-state index contributed by atoms with van der Waals surface area (Å²) < 4.78 is 11.9. The van der Waals surface area contributed by atoms with E-state index in [2.05, 4.69) is 18.3 Å². The van der Waals surface area contributed by atoms with Crippen molar-refractivity contribution in [2.75, 3.05) is 11.9 Å². The highest BCUT2D eigenvalue weighted by molar-refractivity contribution is 6.35. The lowest BCUT2D eigenvalue weighted by atomic mass is 10.1. The molecular weight excluding hydrogens is 433 g/mol. The number of ether oxygens (including phenoxy) is 2. The minimum atomic E-state index is -0.273. The minimum Gasteiger partial charge on any atom is -0.493 e. The fraction of sp³-hybridized carbons (Fsp3) is 0.240. The summed E-state index contributed by atoms with van der Waals surface area (Å²) in [5.74, 6) is 1.24. The zero-order chi connectivity index (χ0) is 22.5. The van der Waals surface area contributed by atoms with Crippen LogP contribution in [0.5, 0.6) is 11.5 Å². The van der Waals surface area contributed by atoms with Crippen LogP contribution in [0.3, 0.4) is 0 Å². The summed E-state index contributed by atoms with van der Waals surface area (Å²) in [6, 6.07) is 14.3. The molecule has 31 heavy (non-hydrogen) atoms. The fourth-order valence-corrected chi connectivity index (χ4v) is 3.79. The Morgan fingerprint density at radius 2 is 1.61 bits per heavy atom. The van der Waals surface area contributed by atoms with Gasteiger partial charge < -0.3 is 14.8 Å². The molecular formula is C25H25Cl2NO3. The lowest BCUT2D eigenvalue weighted by Gasteiger charge is -2.16. The molecule has 0 heterocycles. The van der Waals surface area contributed by atoms with Gasteiger partial charge in [-0.05, 0) is 86.8 Å². The third-order valence-corrected chi connectivity index (χ3v) is 5.33. The second-order valence-corrected chi connectivity index (χ2v) is 8.23. The fourth-order valence-electron chi connectivity index (χ4n) is 3.27. The van der Waals surface area contributed by atoms with E-state index in [1.165, 1.54) is 5.56 Å². The number of rotatable bonds is 7. The largest absolute Gasteiger partial charge is 0.493 e. The van der Waals surface area contributed by atoms with Crippen LogP contribution in [0.1, 0.15) is 39.5 Å². The van der Waals surface area contributed by atoms with E-state index in [1.54, 1.807) is 36.4 Å². The van der Waals surface area contributed by atoms with Crippen LogP contribution in [0.25, 0.3) is 0 Å². The average molecular weight is 458 g/mol. The van der Waals surface area contributed by atoms with Crippen molar-refractivity contribution in [3.63, 3.8) is 0 Å². The quantitative estimate of drug-likeness (QED) is 0.409. The molecule has 0 bridgehead atoms. The molecule has 0 aliphatic heterocycles. The van der Waals surface area contributed by atoms with Crippen LogP contribution < -0.4 is 14.8 Å². The molecule has 6 heteroatoms. The van der Waals surface area contributed by atoms with Gasteiger partial charge in [-0.2, -0.15) is 0 Å². The van der Waals surface area contributed by atoms with E-state index in [9.17, 15) is 4.79 Å². The average Bonchev–Trinajstić information content (AvgIpc) is 2.69. The first kappa shape index (κ1) is 23.0. The van der Waals surface area contributed by atoms with Gasteiger partial charge in [-0.15, -0.1) is 0 Å². The highest BCUT2D eigenvalue weighted by Crippen LogP contribution is 2.28. The molecule has 0 saturated heterocycles. The van der Waals surface area contributed by atoms with Crippen molar-refractivity contribution in [3.8, 4) is 11.5 Å². The van der Waals surface area contributed by atoms with Gasteiger partial charge in [0.1, 0.15) is 18.1 Å². The molecule has 3 aromatic rings. The lowest BCUT2D eigenvalue weighted by molar-refractivity contribution is 0.102. The van der Waals surface area contributed by atoms with Gasteiger partial charge in [-0.25, -0.2) is 0 Å². The highest BCUT2D eigenvalue weighted by atomic mass is 35.5. The van der Waals surface area contributed by atoms with Gasteiger partial charge in [0, 0.05) is 26.9 Å². The van der Waals surface area contributed by atoms with Gasteiger partial charge in [0.05, 0.1) is 6.61 Å². The molecule has 162 valence electrons. The van der Waals surface area contributed by atoms with Crippen LogP contribution in [0.15, 0.2) is 48.5 Å². The molecule has 0 aliphatic rings. The highest BCUT2D eigenvalue weighted by Gasteiger charge is 2.13. The van der Waals surface area contributed by atoms with Crippen LogP contribution in [0.4, 0.5) is 5.69 Å². The van der Waals surface area contributed by atoms with Crippen molar-refractivity contribution in [3.05, 3.63) is 86.4 Å². The Hall–Kier alpha value is -2.69. The normalized spacial score (nSPS) is 10.6. The number of anilines is 1. The Morgan fingerprint density at radius 1 is 0.903 bits per heavy atom. The minimum absolute atomic E-state index is 0.273. The number of hydrogen-bond acceptors (Lipinski definition) is 3. The lowest BCUT2D eigenvalue weighted by Crippen LogP contribution is -2.13. The van der Waals surface area contributed by atoms with Gasteiger partial charge in [-0.3, -0.25) is 4.79 Å². The predicted octanol–water partition coefficient (Wildman–Crippen LogP) is 7.15. The maximum atomic E-state index is 12.8. The summed E-state index contributed by atoms with van der Waals surface area (Å²) in [7, 11) is 0. The molecule has 1 amide bonds. The summed E-state index contributed by atoms with van der Waals surface area (Å²) >= 11 is 12.1. The third-order valence-electron chi connectivity index (χ3n) is 4.89. The summed E-state index contributed by atoms with van der Waals surface area (Å²) in [6.07, 6.45) is 0. The molecule has 4 nitrogen and oxygen atoms in total. The summed E-state index contributed by atoms with van der Waals surface area (Å²) in [6.45, 7) is 8.85. The van der Waals surface area contributed by atoms with Crippen LogP contribution in [0, 0.1) is 20.8 Å². The molecule has 0 radical (unpaired) electrons. The number of nitrogens with one attached hydrogen (secondary N) is 1. The molecule has 0 spiro atoms. The Labute approximate surface area is 193 Å². The van der Waals surface area contributed by atoms with Crippen molar-refractivity contribution < 1.29 is 14.3 Å². The van der Waals surface area contributed by atoms with Gasteiger partial charge >= 0.3 is 0 Å². The Bertz CT molecular complexity index is 1090. The van der Waals surface area contributed by atoms with Crippen molar-refractivity contribution in [1.82, 2.24) is 0 Å². The number of carbonyl (C=O) groups is 1. The molecule has 0 saturated carbocycles. The zero-order valence-corrected chi connectivity index (χ0v) is 19.5. The van der Waals surface area contributed by atoms with Crippen LogP contribution in [-0.2, 0) is 6.61 Å². The number of halogens is 2. The summed E-state index contributed by atoms with van der Waals surface area (Å²) in [5.41, 5.74) is 5.20. The van der Waals surface area contributed by atoms with E-state index < -0.39 is 0 Å². The number of benzene rings is 3. The molecule has 1 N–H and O–H groups in total. The molecule has 0 aliphatic carbocycles.